The predicted molar refractivity (Wildman–Crippen MR) is 84.5 cm³/mol. The van der Waals surface area contributed by atoms with Gasteiger partial charge in [0.2, 0.25) is 11.8 Å². The minimum atomic E-state index is -0.826. The highest BCUT2D eigenvalue weighted by Gasteiger charge is 2.46. The van der Waals surface area contributed by atoms with Crippen LogP contribution >= 0.6 is 11.6 Å². The molecular weight excluding hydrogens is 304 g/mol. The molecule has 1 aliphatic rings. The number of methoxy groups -OCH3 is 1. The van der Waals surface area contributed by atoms with Crippen LogP contribution in [0.5, 0.6) is 0 Å². The molecule has 0 spiro atoms. The average Bonchev–Trinajstić information content (AvgIpc) is 2.77. The SMILES string of the molecule is COCCNC(=O)C1(C)CCC(=O)N1Cc1cccc(Cl)c1. The summed E-state index contributed by atoms with van der Waals surface area (Å²) in [5, 5.41) is 3.45. The molecule has 22 heavy (non-hydrogen) atoms. The van der Waals surface area contributed by atoms with Gasteiger partial charge in [0, 0.05) is 31.6 Å². The average molecular weight is 325 g/mol. The number of nitrogens with one attached hydrogen (secondary N) is 1. The molecular formula is C16H21ClN2O3. The summed E-state index contributed by atoms with van der Waals surface area (Å²) in [6.07, 6.45) is 0.903. The maximum Gasteiger partial charge on any atom is 0.245 e. The maximum absolute atomic E-state index is 12.5. The topological polar surface area (TPSA) is 58.6 Å². The Morgan fingerprint density at radius 3 is 2.95 bits per heavy atom. The second-order valence-electron chi connectivity index (χ2n) is 5.63. The summed E-state index contributed by atoms with van der Waals surface area (Å²) in [5.41, 5.74) is 0.0892. The van der Waals surface area contributed by atoms with Crippen molar-refractivity contribution < 1.29 is 14.3 Å². The molecule has 1 aromatic rings. The van der Waals surface area contributed by atoms with Crippen LogP contribution in [-0.2, 0) is 20.9 Å². The van der Waals surface area contributed by atoms with Gasteiger partial charge in [0.15, 0.2) is 0 Å². The van der Waals surface area contributed by atoms with Crippen LogP contribution in [0.2, 0.25) is 5.02 Å². The van der Waals surface area contributed by atoms with Crippen LogP contribution in [-0.4, -0.2) is 42.5 Å². The van der Waals surface area contributed by atoms with Crippen molar-refractivity contribution in [3.05, 3.63) is 34.9 Å². The lowest BCUT2D eigenvalue weighted by Gasteiger charge is -2.34. The van der Waals surface area contributed by atoms with Crippen molar-refractivity contribution in [2.45, 2.75) is 31.8 Å². The molecule has 0 aromatic heterocycles. The fourth-order valence-corrected chi connectivity index (χ4v) is 2.88. The van der Waals surface area contributed by atoms with Crippen LogP contribution in [0.15, 0.2) is 24.3 Å². The molecule has 0 saturated carbocycles. The zero-order valence-corrected chi connectivity index (χ0v) is 13.7. The summed E-state index contributed by atoms with van der Waals surface area (Å²) in [4.78, 5) is 26.3. The molecule has 0 aliphatic carbocycles. The van der Waals surface area contributed by atoms with E-state index in [9.17, 15) is 9.59 Å². The smallest absolute Gasteiger partial charge is 0.245 e. The van der Waals surface area contributed by atoms with Crippen molar-refractivity contribution in [2.24, 2.45) is 0 Å². The van der Waals surface area contributed by atoms with Crippen molar-refractivity contribution in [3.8, 4) is 0 Å². The van der Waals surface area contributed by atoms with Crippen LogP contribution in [0.1, 0.15) is 25.3 Å². The van der Waals surface area contributed by atoms with E-state index in [-0.39, 0.29) is 11.8 Å². The maximum atomic E-state index is 12.5. The Morgan fingerprint density at radius 2 is 2.27 bits per heavy atom. The minimum absolute atomic E-state index is 0.00985. The van der Waals surface area contributed by atoms with Gasteiger partial charge in [-0.3, -0.25) is 9.59 Å². The first-order valence-electron chi connectivity index (χ1n) is 7.29. The van der Waals surface area contributed by atoms with Gasteiger partial charge in [-0.05, 0) is 31.0 Å². The zero-order valence-electron chi connectivity index (χ0n) is 12.9. The first-order chi connectivity index (χ1) is 10.5. The number of carbonyl (C=O) groups excluding carboxylic acids is 2. The van der Waals surface area contributed by atoms with E-state index in [2.05, 4.69) is 5.32 Å². The lowest BCUT2D eigenvalue weighted by atomic mass is 9.97. The Morgan fingerprint density at radius 1 is 1.50 bits per heavy atom. The zero-order chi connectivity index (χ0) is 16.2. The molecule has 5 nitrogen and oxygen atoms in total. The molecule has 1 heterocycles. The van der Waals surface area contributed by atoms with E-state index in [4.69, 9.17) is 16.3 Å². The molecule has 120 valence electrons. The molecule has 1 fully saturated rings. The van der Waals surface area contributed by atoms with E-state index in [0.29, 0.717) is 37.6 Å². The number of amides is 2. The molecule has 1 aromatic carbocycles. The number of halogens is 1. The van der Waals surface area contributed by atoms with Crippen molar-refractivity contribution in [1.82, 2.24) is 10.2 Å². The number of hydrogen-bond acceptors (Lipinski definition) is 3. The van der Waals surface area contributed by atoms with Crippen molar-refractivity contribution in [3.63, 3.8) is 0 Å². The second kappa shape index (κ2) is 7.11. The number of carbonyl (C=O) groups is 2. The summed E-state index contributed by atoms with van der Waals surface area (Å²) in [6.45, 7) is 3.08. The Hall–Kier alpha value is -1.59. The third-order valence-corrected chi connectivity index (χ3v) is 4.27. The fourth-order valence-electron chi connectivity index (χ4n) is 2.67. The Bertz CT molecular complexity index is 564. The van der Waals surface area contributed by atoms with Gasteiger partial charge in [-0.25, -0.2) is 0 Å². The van der Waals surface area contributed by atoms with Gasteiger partial charge in [-0.2, -0.15) is 0 Å². The quantitative estimate of drug-likeness (QED) is 0.814. The number of hydrogen-bond donors (Lipinski definition) is 1. The minimum Gasteiger partial charge on any atom is -0.383 e. The van der Waals surface area contributed by atoms with E-state index in [1.807, 2.05) is 25.1 Å². The number of likely N-dealkylation sites (tertiary alicyclic amines) is 1. The van der Waals surface area contributed by atoms with Gasteiger partial charge < -0.3 is 15.0 Å². The summed E-state index contributed by atoms with van der Waals surface area (Å²) in [6, 6.07) is 7.35. The fraction of sp³-hybridized carbons (Fsp3) is 0.500. The standard InChI is InChI=1S/C16H21ClN2O3/c1-16(15(21)18-8-9-22-2)7-6-14(20)19(16)11-12-4-3-5-13(17)10-12/h3-5,10H,6-9,11H2,1-2H3,(H,18,21). The first kappa shape index (κ1) is 16.8. The summed E-state index contributed by atoms with van der Waals surface area (Å²) in [5.74, 6) is -0.151. The first-order valence-corrected chi connectivity index (χ1v) is 7.67. The van der Waals surface area contributed by atoms with Crippen LogP contribution in [0, 0.1) is 0 Å². The Balaban J connectivity index is 2.12. The van der Waals surface area contributed by atoms with Crippen molar-refractivity contribution in [2.75, 3.05) is 20.3 Å². The Kier molecular flexibility index (Phi) is 5.42. The van der Waals surface area contributed by atoms with Gasteiger partial charge in [0.05, 0.1) is 6.61 Å². The van der Waals surface area contributed by atoms with E-state index in [1.54, 1.807) is 18.1 Å². The van der Waals surface area contributed by atoms with E-state index >= 15 is 0 Å². The Labute approximate surface area is 135 Å². The molecule has 6 heteroatoms. The van der Waals surface area contributed by atoms with Crippen LogP contribution in [0.4, 0.5) is 0 Å². The van der Waals surface area contributed by atoms with E-state index < -0.39 is 5.54 Å². The van der Waals surface area contributed by atoms with Gasteiger partial charge in [0.1, 0.15) is 5.54 Å². The highest BCUT2D eigenvalue weighted by molar-refractivity contribution is 6.30. The molecule has 0 radical (unpaired) electrons. The number of nitrogens with zero attached hydrogens (tertiary/aromatic N) is 1. The van der Waals surface area contributed by atoms with Crippen LogP contribution in [0.25, 0.3) is 0 Å². The lowest BCUT2D eigenvalue weighted by Crippen LogP contribution is -2.54. The molecule has 1 atom stereocenters. The summed E-state index contributed by atoms with van der Waals surface area (Å²) < 4.78 is 4.93. The molecule has 1 aliphatic heterocycles. The van der Waals surface area contributed by atoms with Gasteiger partial charge >= 0.3 is 0 Å². The summed E-state index contributed by atoms with van der Waals surface area (Å²) >= 11 is 5.99. The molecule has 1 N–H and O–H groups in total. The highest BCUT2D eigenvalue weighted by Crippen LogP contribution is 2.32. The van der Waals surface area contributed by atoms with Crippen LogP contribution in [0.3, 0.4) is 0 Å². The van der Waals surface area contributed by atoms with Gasteiger partial charge in [-0.1, -0.05) is 23.7 Å². The highest BCUT2D eigenvalue weighted by atomic mass is 35.5. The third-order valence-electron chi connectivity index (χ3n) is 4.03. The molecule has 0 bridgehead atoms. The lowest BCUT2D eigenvalue weighted by molar-refractivity contribution is -0.141. The van der Waals surface area contributed by atoms with E-state index in [1.165, 1.54) is 0 Å². The van der Waals surface area contributed by atoms with Crippen molar-refractivity contribution in [1.29, 1.82) is 0 Å². The predicted octanol–water partition coefficient (Wildman–Crippen LogP) is 1.98. The van der Waals surface area contributed by atoms with E-state index in [0.717, 1.165) is 5.56 Å². The largest absolute Gasteiger partial charge is 0.383 e. The summed E-state index contributed by atoms with van der Waals surface area (Å²) in [7, 11) is 1.58. The molecule has 1 unspecified atom stereocenters. The number of benzene rings is 1. The molecule has 2 rings (SSSR count). The molecule has 2 amide bonds. The molecule has 1 saturated heterocycles. The number of ether oxygens (including phenoxy) is 1. The second-order valence-corrected chi connectivity index (χ2v) is 6.07. The van der Waals surface area contributed by atoms with Crippen molar-refractivity contribution >= 4 is 23.4 Å². The third kappa shape index (κ3) is 3.59. The monoisotopic (exact) mass is 324 g/mol. The van der Waals surface area contributed by atoms with Gasteiger partial charge in [0.25, 0.3) is 0 Å². The van der Waals surface area contributed by atoms with Gasteiger partial charge in [-0.15, -0.1) is 0 Å². The number of rotatable bonds is 6. The van der Waals surface area contributed by atoms with Crippen LogP contribution < -0.4 is 5.32 Å². The normalized spacial score (nSPS) is 21.2.